The number of halogens is 1. The van der Waals surface area contributed by atoms with Crippen molar-refractivity contribution in [2.75, 3.05) is 20.2 Å². The maximum Gasteiger partial charge on any atom is 0.241 e. The number of benzene rings is 2. The summed E-state index contributed by atoms with van der Waals surface area (Å²) < 4.78 is 19.5. The summed E-state index contributed by atoms with van der Waals surface area (Å²) in [6.45, 7) is 0.915. The van der Waals surface area contributed by atoms with E-state index in [4.69, 9.17) is 4.74 Å². The molecule has 3 aliphatic rings. The van der Waals surface area contributed by atoms with E-state index in [2.05, 4.69) is 0 Å². The van der Waals surface area contributed by atoms with Crippen molar-refractivity contribution in [1.29, 1.82) is 0 Å². The number of carbonyl (C=O) groups excluding carboxylic acids is 3. The van der Waals surface area contributed by atoms with Gasteiger partial charge in [-0.2, -0.15) is 0 Å². The molecular formula is C26H27FN2O4. The molecule has 0 N–H and O–H groups in total. The van der Waals surface area contributed by atoms with E-state index in [1.54, 1.807) is 54.5 Å². The van der Waals surface area contributed by atoms with Gasteiger partial charge in [0.05, 0.1) is 12.5 Å². The minimum Gasteiger partial charge on any atom is -0.497 e. The van der Waals surface area contributed by atoms with Gasteiger partial charge in [-0.15, -0.1) is 0 Å². The summed E-state index contributed by atoms with van der Waals surface area (Å²) in [4.78, 5) is 43.0. The van der Waals surface area contributed by atoms with Crippen LogP contribution >= 0.6 is 0 Å². The van der Waals surface area contributed by atoms with Gasteiger partial charge in [0.15, 0.2) is 0 Å². The number of nitrogens with zero attached hydrogens (tertiary/aromatic N) is 2. The first kappa shape index (κ1) is 21.6. The molecule has 33 heavy (non-hydrogen) atoms. The van der Waals surface area contributed by atoms with E-state index in [-0.39, 0.29) is 48.3 Å². The fraction of sp³-hybridized carbons (Fsp3) is 0.423. The Bertz CT molecular complexity index is 1100. The Hall–Kier alpha value is -3.22. The zero-order valence-corrected chi connectivity index (χ0v) is 18.6. The standard InChI is InChI=1S/C26H27FN2O4/c1-33-20-10-6-18(7-11-20)26(15-24(31)29(25(26)32)19-8-9-19)14-23(30)28-13-12-17(16-28)21-4-2-3-5-22(21)27/h2-7,10-11,17,19H,8-9,12-16H2,1H3/t17-,26-/m0/s1. The molecule has 2 aliphatic heterocycles. The van der Waals surface area contributed by atoms with E-state index < -0.39 is 5.41 Å². The Morgan fingerprint density at radius 1 is 1.09 bits per heavy atom. The fourth-order valence-corrected chi connectivity index (χ4v) is 5.26. The topological polar surface area (TPSA) is 66.9 Å². The lowest BCUT2D eigenvalue weighted by Gasteiger charge is -2.29. The molecule has 0 spiro atoms. The van der Waals surface area contributed by atoms with Crippen LogP contribution in [0, 0.1) is 5.82 Å². The Balaban J connectivity index is 1.41. The van der Waals surface area contributed by atoms with Gasteiger partial charge in [0, 0.05) is 37.9 Å². The lowest BCUT2D eigenvalue weighted by atomic mass is 9.75. The van der Waals surface area contributed by atoms with E-state index in [0.717, 1.165) is 12.8 Å². The van der Waals surface area contributed by atoms with Gasteiger partial charge < -0.3 is 9.64 Å². The van der Waals surface area contributed by atoms with Crippen LogP contribution in [0.2, 0.25) is 0 Å². The van der Waals surface area contributed by atoms with Crippen molar-refractivity contribution in [2.24, 2.45) is 0 Å². The molecule has 0 radical (unpaired) electrons. The number of methoxy groups -OCH3 is 1. The third-order valence-corrected chi connectivity index (χ3v) is 7.24. The number of hydrogen-bond donors (Lipinski definition) is 0. The van der Waals surface area contributed by atoms with Crippen LogP contribution in [0.15, 0.2) is 48.5 Å². The maximum atomic E-state index is 14.3. The SMILES string of the molecule is COc1ccc([C@]2(CC(=O)N3CC[C@H](c4ccccc4F)C3)CC(=O)N(C3CC3)C2=O)cc1. The molecule has 0 aromatic heterocycles. The summed E-state index contributed by atoms with van der Waals surface area (Å²) in [6, 6.07) is 13.7. The van der Waals surface area contributed by atoms with E-state index in [9.17, 15) is 18.8 Å². The molecule has 0 unspecified atom stereocenters. The molecule has 2 aromatic rings. The quantitative estimate of drug-likeness (QED) is 0.633. The van der Waals surface area contributed by atoms with Crippen molar-refractivity contribution in [3.8, 4) is 5.75 Å². The summed E-state index contributed by atoms with van der Waals surface area (Å²) in [5.41, 5.74) is 0.0618. The van der Waals surface area contributed by atoms with Gasteiger partial charge in [-0.3, -0.25) is 19.3 Å². The average Bonchev–Trinajstić information content (AvgIpc) is 3.46. The van der Waals surface area contributed by atoms with Gasteiger partial charge in [0.2, 0.25) is 17.7 Å². The third kappa shape index (κ3) is 3.79. The van der Waals surface area contributed by atoms with E-state index in [1.165, 1.54) is 11.0 Å². The second-order valence-electron chi connectivity index (χ2n) is 9.31. The summed E-state index contributed by atoms with van der Waals surface area (Å²) in [6.07, 6.45) is 2.23. The van der Waals surface area contributed by atoms with Crippen molar-refractivity contribution in [3.63, 3.8) is 0 Å². The molecule has 2 heterocycles. The monoisotopic (exact) mass is 450 g/mol. The summed E-state index contributed by atoms with van der Waals surface area (Å²) in [7, 11) is 1.56. The van der Waals surface area contributed by atoms with Gasteiger partial charge >= 0.3 is 0 Å². The minimum absolute atomic E-state index is 0.00894. The highest BCUT2D eigenvalue weighted by atomic mass is 19.1. The molecule has 7 heteroatoms. The fourth-order valence-electron chi connectivity index (χ4n) is 5.26. The highest BCUT2D eigenvalue weighted by Gasteiger charge is 2.57. The first-order valence-electron chi connectivity index (χ1n) is 11.5. The van der Waals surface area contributed by atoms with Gasteiger partial charge in [-0.1, -0.05) is 30.3 Å². The number of likely N-dealkylation sites (tertiary alicyclic amines) is 2. The first-order valence-corrected chi connectivity index (χ1v) is 11.5. The van der Waals surface area contributed by atoms with Gasteiger partial charge in [-0.05, 0) is 48.6 Å². The lowest BCUT2D eigenvalue weighted by molar-refractivity contribution is -0.143. The summed E-state index contributed by atoms with van der Waals surface area (Å²) in [5, 5.41) is 0. The molecule has 0 bridgehead atoms. The van der Waals surface area contributed by atoms with Crippen LogP contribution in [-0.2, 0) is 19.8 Å². The lowest BCUT2D eigenvalue weighted by Crippen LogP contribution is -2.43. The molecule has 2 atom stereocenters. The first-order chi connectivity index (χ1) is 15.9. The summed E-state index contributed by atoms with van der Waals surface area (Å²) >= 11 is 0. The highest BCUT2D eigenvalue weighted by Crippen LogP contribution is 2.45. The van der Waals surface area contributed by atoms with Crippen LogP contribution in [0.4, 0.5) is 4.39 Å². The smallest absolute Gasteiger partial charge is 0.241 e. The average molecular weight is 451 g/mol. The van der Waals surface area contributed by atoms with Crippen LogP contribution in [0.25, 0.3) is 0 Å². The zero-order valence-electron chi connectivity index (χ0n) is 18.6. The Morgan fingerprint density at radius 3 is 2.48 bits per heavy atom. The zero-order chi connectivity index (χ0) is 23.2. The highest BCUT2D eigenvalue weighted by molar-refractivity contribution is 6.11. The van der Waals surface area contributed by atoms with Crippen molar-refractivity contribution in [1.82, 2.24) is 9.80 Å². The van der Waals surface area contributed by atoms with Crippen LogP contribution in [0.5, 0.6) is 5.75 Å². The molecule has 5 rings (SSSR count). The van der Waals surface area contributed by atoms with Crippen molar-refractivity contribution in [2.45, 2.75) is 49.5 Å². The van der Waals surface area contributed by atoms with Crippen LogP contribution in [0.3, 0.4) is 0 Å². The largest absolute Gasteiger partial charge is 0.497 e. The second-order valence-corrected chi connectivity index (χ2v) is 9.31. The molecule has 6 nitrogen and oxygen atoms in total. The second kappa shape index (κ2) is 8.28. The maximum absolute atomic E-state index is 14.3. The summed E-state index contributed by atoms with van der Waals surface area (Å²) in [5.74, 6) is -0.360. The van der Waals surface area contributed by atoms with E-state index in [0.29, 0.717) is 36.4 Å². The molecular weight excluding hydrogens is 423 g/mol. The van der Waals surface area contributed by atoms with E-state index in [1.807, 2.05) is 0 Å². The van der Waals surface area contributed by atoms with Crippen molar-refractivity contribution >= 4 is 17.7 Å². The molecule has 2 saturated heterocycles. The predicted molar refractivity (Wildman–Crippen MR) is 119 cm³/mol. The number of amides is 3. The molecule has 1 aliphatic carbocycles. The molecule has 3 fully saturated rings. The minimum atomic E-state index is -1.21. The molecule has 1 saturated carbocycles. The Kier molecular flexibility index (Phi) is 5.43. The number of ether oxygens (including phenoxy) is 1. The van der Waals surface area contributed by atoms with Crippen LogP contribution in [-0.4, -0.2) is 53.8 Å². The normalized spacial score (nSPS) is 25.1. The third-order valence-electron chi connectivity index (χ3n) is 7.24. The number of imide groups is 1. The van der Waals surface area contributed by atoms with E-state index >= 15 is 0 Å². The Labute approximate surface area is 192 Å². The Morgan fingerprint density at radius 2 is 1.82 bits per heavy atom. The molecule has 2 aromatic carbocycles. The van der Waals surface area contributed by atoms with Crippen molar-refractivity contribution < 1.29 is 23.5 Å². The number of hydrogen-bond acceptors (Lipinski definition) is 4. The molecule has 172 valence electrons. The molecule has 3 amide bonds. The van der Waals surface area contributed by atoms with Gasteiger partial charge in [0.25, 0.3) is 0 Å². The van der Waals surface area contributed by atoms with Crippen LogP contribution < -0.4 is 4.74 Å². The number of carbonyl (C=O) groups is 3. The predicted octanol–water partition coefficient (Wildman–Crippen LogP) is 3.40. The number of rotatable bonds is 6. The van der Waals surface area contributed by atoms with Gasteiger partial charge in [-0.25, -0.2) is 4.39 Å². The van der Waals surface area contributed by atoms with Crippen molar-refractivity contribution in [3.05, 3.63) is 65.5 Å². The van der Waals surface area contributed by atoms with Gasteiger partial charge in [0.1, 0.15) is 11.6 Å². The van der Waals surface area contributed by atoms with Crippen LogP contribution in [0.1, 0.15) is 49.1 Å².